The van der Waals surface area contributed by atoms with E-state index in [4.69, 9.17) is 24.3 Å². The number of hydrogen-bond acceptors (Lipinski definition) is 12. The second kappa shape index (κ2) is 11.5. The number of esters is 1. The number of nitrogen functional groups attached to an aromatic ring is 1. The molecule has 0 saturated carbocycles. The molecule has 1 aliphatic heterocycles. The summed E-state index contributed by atoms with van der Waals surface area (Å²) in [5.41, 5.74) is 3.84. The third-order valence-electron chi connectivity index (χ3n) is 6.88. The summed E-state index contributed by atoms with van der Waals surface area (Å²) >= 11 is 0. The summed E-state index contributed by atoms with van der Waals surface area (Å²) in [4.78, 5) is 25.1. The lowest BCUT2D eigenvalue weighted by atomic mass is 9.96. The fraction of sp³-hybridized carbons (Fsp3) is 0.429. The number of nitrogens with two attached hydrogens (primary N) is 1. The molecule has 2 aromatic carbocycles. The van der Waals surface area contributed by atoms with Crippen LogP contribution in [0.15, 0.2) is 55.1 Å². The molecule has 0 radical (unpaired) electrons. The zero-order chi connectivity index (χ0) is 31.2. The third-order valence-corrected chi connectivity index (χ3v) is 8.51. The number of anilines is 1. The van der Waals surface area contributed by atoms with Gasteiger partial charge in [-0.15, -0.1) is 0 Å². The third kappa shape index (κ3) is 6.35. The van der Waals surface area contributed by atoms with Crippen LogP contribution in [0, 0.1) is 0 Å². The van der Waals surface area contributed by atoms with Crippen molar-refractivity contribution < 1.29 is 38.1 Å². The van der Waals surface area contributed by atoms with Crippen LogP contribution in [0.1, 0.15) is 40.8 Å². The number of aliphatic hydroxyl groups excluding tert-OH is 1. The first-order valence-corrected chi connectivity index (χ1v) is 15.1. The summed E-state index contributed by atoms with van der Waals surface area (Å²) in [6.07, 6.45) is -1.23. The van der Waals surface area contributed by atoms with Crippen LogP contribution in [0.3, 0.4) is 0 Å². The van der Waals surface area contributed by atoms with Gasteiger partial charge in [-0.25, -0.2) is 19.5 Å². The van der Waals surface area contributed by atoms with E-state index in [1.54, 1.807) is 45.0 Å². The van der Waals surface area contributed by atoms with Gasteiger partial charge < -0.3 is 29.9 Å². The summed E-state index contributed by atoms with van der Waals surface area (Å²) in [6.45, 7) is 7.50. The molecule has 1 aliphatic rings. The molecule has 230 valence electrons. The minimum atomic E-state index is -4.35. The van der Waals surface area contributed by atoms with Gasteiger partial charge in [0.1, 0.15) is 47.0 Å². The fourth-order valence-corrected chi connectivity index (χ4v) is 6.29. The molecule has 2 aromatic heterocycles. The molecule has 43 heavy (non-hydrogen) atoms. The molecule has 15 heteroatoms. The first kappa shape index (κ1) is 30.8. The molecular formula is C28H35N6O8P. The molecule has 0 spiro atoms. The van der Waals surface area contributed by atoms with E-state index in [2.05, 4.69) is 20.0 Å². The van der Waals surface area contributed by atoms with Crippen LogP contribution >= 0.6 is 7.75 Å². The first-order chi connectivity index (χ1) is 20.2. The number of carbonyl (C=O) groups excluding carboxylic acids is 1. The Bertz CT molecular complexity index is 1680. The van der Waals surface area contributed by atoms with E-state index in [9.17, 15) is 19.6 Å². The second-order valence-electron chi connectivity index (χ2n) is 11.5. The normalized spacial score (nSPS) is 24.6. The van der Waals surface area contributed by atoms with Crippen LogP contribution in [-0.4, -0.2) is 71.8 Å². The van der Waals surface area contributed by atoms with Crippen molar-refractivity contribution in [3.8, 4) is 5.75 Å². The molecule has 6 atom stereocenters. The van der Waals surface area contributed by atoms with Gasteiger partial charge in [0.2, 0.25) is 0 Å². The molecule has 5 N–H and O–H groups in total. The lowest BCUT2D eigenvalue weighted by Gasteiger charge is -2.28. The van der Waals surface area contributed by atoms with Gasteiger partial charge in [-0.3, -0.25) is 13.9 Å². The fourth-order valence-electron chi connectivity index (χ4n) is 4.77. The maximum Gasteiger partial charge on any atom is 0.459 e. The molecule has 3 heterocycles. The number of ether oxygens (including phenoxy) is 2. The predicted molar refractivity (Wildman–Crippen MR) is 157 cm³/mol. The van der Waals surface area contributed by atoms with Gasteiger partial charge in [0.25, 0.3) is 0 Å². The minimum absolute atomic E-state index is 0.138. The average Bonchev–Trinajstić information content (AvgIpc) is 3.45. The largest absolute Gasteiger partial charge is 0.459 e. The Morgan fingerprint density at radius 3 is 2.67 bits per heavy atom. The summed E-state index contributed by atoms with van der Waals surface area (Å²) in [5.74, 6) is -0.296. The number of hydrogen-bond donors (Lipinski definition) is 4. The molecule has 1 saturated heterocycles. The van der Waals surface area contributed by atoms with Crippen LogP contribution < -0.4 is 15.3 Å². The van der Waals surface area contributed by atoms with Crippen molar-refractivity contribution in [1.29, 1.82) is 0 Å². The Balaban J connectivity index is 1.41. The number of nitrogens with one attached hydrogen (secondary N) is 1. The number of rotatable bonds is 9. The highest BCUT2D eigenvalue weighted by atomic mass is 31.2. The van der Waals surface area contributed by atoms with Crippen molar-refractivity contribution in [3.05, 3.63) is 55.1 Å². The Hall–Kier alpha value is -3.65. The SMILES string of the molecule is C[C@H](NP(=O)(OC[C@H]1O[C@@H](n2cnc3c(N)ncnc32)[C@](C)(O)[C@@H]1O)Oc1cccc2ccccc12)C(=O)OC(C)(C)C. The Kier molecular flexibility index (Phi) is 8.20. The van der Waals surface area contributed by atoms with Crippen molar-refractivity contribution >= 4 is 41.5 Å². The van der Waals surface area contributed by atoms with Gasteiger partial charge >= 0.3 is 13.7 Å². The van der Waals surface area contributed by atoms with Crippen LogP contribution in [-0.2, 0) is 23.4 Å². The molecule has 1 unspecified atom stereocenters. The second-order valence-corrected chi connectivity index (χ2v) is 13.2. The topological polar surface area (TPSA) is 193 Å². The molecule has 1 fully saturated rings. The molecular weight excluding hydrogens is 579 g/mol. The van der Waals surface area contributed by atoms with E-state index in [1.165, 1.54) is 31.1 Å². The zero-order valence-corrected chi connectivity index (χ0v) is 25.3. The van der Waals surface area contributed by atoms with E-state index < -0.39 is 56.0 Å². The summed E-state index contributed by atoms with van der Waals surface area (Å²) in [5, 5.41) is 26.5. The van der Waals surface area contributed by atoms with Gasteiger partial charge in [-0.2, -0.15) is 5.09 Å². The van der Waals surface area contributed by atoms with Crippen molar-refractivity contribution in [3.63, 3.8) is 0 Å². The monoisotopic (exact) mass is 614 g/mol. The van der Waals surface area contributed by atoms with E-state index >= 15 is 0 Å². The molecule has 14 nitrogen and oxygen atoms in total. The summed E-state index contributed by atoms with van der Waals surface area (Å²) in [7, 11) is -4.35. The number of aliphatic hydroxyl groups is 2. The molecule has 0 bridgehead atoms. The lowest BCUT2D eigenvalue weighted by Crippen LogP contribution is -2.44. The average molecular weight is 615 g/mol. The van der Waals surface area contributed by atoms with Crippen LogP contribution in [0.2, 0.25) is 0 Å². The lowest BCUT2D eigenvalue weighted by molar-refractivity contribution is -0.156. The number of benzene rings is 2. The van der Waals surface area contributed by atoms with Crippen molar-refractivity contribution in [1.82, 2.24) is 24.6 Å². The summed E-state index contributed by atoms with van der Waals surface area (Å²) < 4.78 is 38.9. The molecule has 0 amide bonds. The van der Waals surface area contributed by atoms with E-state index in [0.29, 0.717) is 10.9 Å². The highest BCUT2D eigenvalue weighted by Gasteiger charge is 2.54. The maximum absolute atomic E-state index is 14.2. The Morgan fingerprint density at radius 1 is 1.21 bits per heavy atom. The van der Waals surface area contributed by atoms with Gasteiger partial charge in [0.15, 0.2) is 17.7 Å². The summed E-state index contributed by atoms with van der Waals surface area (Å²) in [6, 6.07) is 11.4. The Morgan fingerprint density at radius 2 is 1.93 bits per heavy atom. The smallest absolute Gasteiger partial charge is 0.459 e. The maximum atomic E-state index is 14.2. The van der Waals surface area contributed by atoms with Gasteiger partial charge in [0.05, 0.1) is 12.9 Å². The van der Waals surface area contributed by atoms with Crippen molar-refractivity contribution in [2.75, 3.05) is 12.3 Å². The van der Waals surface area contributed by atoms with E-state index in [0.717, 1.165) is 5.39 Å². The number of imidazole rings is 1. The van der Waals surface area contributed by atoms with E-state index in [-0.39, 0.29) is 17.2 Å². The zero-order valence-electron chi connectivity index (χ0n) is 24.4. The first-order valence-electron chi connectivity index (χ1n) is 13.6. The number of nitrogens with zero attached hydrogens (tertiary/aromatic N) is 4. The number of carbonyl (C=O) groups is 1. The van der Waals surface area contributed by atoms with Crippen molar-refractivity contribution in [2.24, 2.45) is 0 Å². The van der Waals surface area contributed by atoms with Gasteiger partial charge in [-0.05, 0) is 46.1 Å². The number of aromatic nitrogens is 4. The van der Waals surface area contributed by atoms with Crippen LogP contribution in [0.4, 0.5) is 5.82 Å². The highest BCUT2D eigenvalue weighted by molar-refractivity contribution is 7.52. The standard InChI is InChI=1S/C28H35N6O8P/c1-16(25(36)41-27(2,3)4)33-43(38,42-19-12-8-10-17-9-6-7-11-18(17)19)39-13-20-22(35)28(5,37)26(40-20)34-15-32-21-23(29)30-14-31-24(21)34/h6-12,14-16,20,22,26,35,37H,13H2,1-5H3,(H,33,38)(H2,29,30,31)/t16-,20+,22+,26+,28+,43?/m0/s1. The highest BCUT2D eigenvalue weighted by Crippen LogP contribution is 2.48. The van der Waals surface area contributed by atoms with Crippen LogP contribution in [0.5, 0.6) is 5.75 Å². The predicted octanol–water partition coefficient (Wildman–Crippen LogP) is 3.09. The molecule has 4 aromatic rings. The van der Waals surface area contributed by atoms with E-state index in [1.807, 2.05) is 18.2 Å². The molecule has 5 rings (SSSR count). The minimum Gasteiger partial charge on any atom is -0.459 e. The van der Waals surface area contributed by atoms with Crippen LogP contribution in [0.25, 0.3) is 21.9 Å². The van der Waals surface area contributed by atoms with Gasteiger partial charge in [-0.1, -0.05) is 36.4 Å². The molecule has 0 aliphatic carbocycles. The van der Waals surface area contributed by atoms with Crippen molar-refractivity contribution in [2.45, 2.75) is 70.3 Å². The number of fused-ring (bicyclic) bond motifs is 2. The Labute approximate surface area is 247 Å². The van der Waals surface area contributed by atoms with Gasteiger partial charge in [0, 0.05) is 5.39 Å². The quantitative estimate of drug-likeness (QED) is 0.159.